The number of fused-ring (bicyclic) bond motifs is 1. The molecule has 0 aliphatic heterocycles. The predicted molar refractivity (Wildman–Crippen MR) is 107 cm³/mol. The van der Waals surface area contributed by atoms with Crippen LogP contribution >= 0.6 is 0 Å². The second kappa shape index (κ2) is 7.46. The molecule has 1 aliphatic rings. The number of hydrogen-bond acceptors (Lipinski definition) is 4. The van der Waals surface area contributed by atoms with E-state index in [1.807, 2.05) is 10.9 Å². The quantitative estimate of drug-likeness (QED) is 0.754. The van der Waals surface area contributed by atoms with Crippen molar-refractivity contribution in [3.8, 4) is 11.6 Å². The minimum absolute atomic E-state index is 0.0687. The van der Waals surface area contributed by atoms with Crippen LogP contribution in [0.25, 0.3) is 5.69 Å². The van der Waals surface area contributed by atoms with Gasteiger partial charge in [0.25, 0.3) is 5.91 Å². The van der Waals surface area contributed by atoms with E-state index in [1.165, 1.54) is 23.9 Å². The van der Waals surface area contributed by atoms with Gasteiger partial charge in [-0.1, -0.05) is 6.07 Å². The average Bonchev–Trinajstić information content (AvgIpc) is 3.12. The van der Waals surface area contributed by atoms with Gasteiger partial charge >= 0.3 is 0 Å². The van der Waals surface area contributed by atoms with Crippen LogP contribution in [0.2, 0.25) is 0 Å². The molecule has 6 heteroatoms. The SMILES string of the molecule is COc1ncccc1C(=O)N[C@H]1CCCc2c1cnn2-c1cc(C)cc(C)c1. The van der Waals surface area contributed by atoms with Gasteiger partial charge in [-0.2, -0.15) is 5.10 Å². The molecular formula is C22H24N4O2. The maximum Gasteiger partial charge on any atom is 0.257 e. The number of aromatic nitrogens is 3. The topological polar surface area (TPSA) is 69.0 Å². The van der Waals surface area contributed by atoms with Gasteiger partial charge in [-0.3, -0.25) is 4.79 Å². The van der Waals surface area contributed by atoms with E-state index in [4.69, 9.17) is 4.74 Å². The Morgan fingerprint density at radius 2 is 2.04 bits per heavy atom. The number of nitrogens with zero attached hydrogens (tertiary/aromatic N) is 3. The highest BCUT2D eigenvalue weighted by Gasteiger charge is 2.27. The first-order valence-electron chi connectivity index (χ1n) is 9.52. The smallest absolute Gasteiger partial charge is 0.257 e. The van der Waals surface area contributed by atoms with E-state index in [-0.39, 0.29) is 11.9 Å². The molecule has 1 aliphatic carbocycles. The van der Waals surface area contributed by atoms with Gasteiger partial charge in [0.2, 0.25) is 5.88 Å². The van der Waals surface area contributed by atoms with Crippen LogP contribution in [-0.4, -0.2) is 27.8 Å². The van der Waals surface area contributed by atoms with Crippen molar-refractivity contribution in [2.75, 3.05) is 7.11 Å². The molecule has 2 aromatic heterocycles. The number of ether oxygens (including phenoxy) is 1. The Morgan fingerprint density at radius 1 is 1.25 bits per heavy atom. The number of carbonyl (C=O) groups excluding carboxylic acids is 1. The summed E-state index contributed by atoms with van der Waals surface area (Å²) in [5.41, 5.74) is 6.19. The van der Waals surface area contributed by atoms with Gasteiger partial charge in [0.05, 0.1) is 25.0 Å². The van der Waals surface area contributed by atoms with Crippen molar-refractivity contribution in [1.29, 1.82) is 0 Å². The second-order valence-corrected chi connectivity index (χ2v) is 7.28. The summed E-state index contributed by atoms with van der Waals surface area (Å²) in [6, 6.07) is 9.84. The summed E-state index contributed by atoms with van der Waals surface area (Å²) in [6.45, 7) is 4.19. The molecule has 0 radical (unpaired) electrons. The van der Waals surface area contributed by atoms with E-state index in [0.717, 1.165) is 30.5 Å². The van der Waals surface area contributed by atoms with Crippen LogP contribution in [0.1, 0.15) is 51.6 Å². The average molecular weight is 376 g/mol. The Balaban J connectivity index is 1.63. The summed E-state index contributed by atoms with van der Waals surface area (Å²) in [5, 5.41) is 7.78. The first-order chi connectivity index (χ1) is 13.6. The molecule has 0 fully saturated rings. The highest BCUT2D eigenvalue weighted by molar-refractivity contribution is 5.96. The number of aryl methyl sites for hydroxylation is 2. The zero-order valence-corrected chi connectivity index (χ0v) is 16.4. The maximum absolute atomic E-state index is 12.8. The standard InChI is InChI=1S/C22H24N4O2/c1-14-10-15(2)12-16(11-14)26-20-8-4-7-19(18(20)13-24-26)25-21(27)17-6-5-9-23-22(17)28-3/h5-6,9-13,19H,4,7-8H2,1-3H3,(H,25,27)/t19-/m0/s1. The Kier molecular flexibility index (Phi) is 4.86. The van der Waals surface area contributed by atoms with Gasteiger partial charge in [0, 0.05) is 17.5 Å². The molecule has 0 saturated carbocycles. The van der Waals surface area contributed by atoms with Crippen molar-refractivity contribution in [2.24, 2.45) is 0 Å². The molecule has 0 unspecified atom stereocenters. The summed E-state index contributed by atoms with van der Waals surface area (Å²) in [5.74, 6) is 0.156. The molecule has 0 spiro atoms. The fourth-order valence-electron chi connectivity index (χ4n) is 3.96. The van der Waals surface area contributed by atoms with Crippen LogP contribution in [0.5, 0.6) is 5.88 Å². The summed E-state index contributed by atoms with van der Waals surface area (Å²) in [7, 11) is 1.52. The van der Waals surface area contributed by atoms with Crippen LogP contribution in [0, 0.1) is 13.8 Å². The third-order valence-electron chi connectivity index (χ3n) is 5.15. The van der Waals surface area contributed by atoms with Gasteiger partial charge < -0.3 is 10.1 Å². The molecule has 144 valence electrons. The zero-order valence-electron chi connectivity index (χ0n) is 16.4. The highest BCUT2D eigenvalue weighted by atomic mass is 16.5. The molecule has 1 aromatic carbocycles. The molecule has 1 atom stereocenters. The zero-order chi connectivity index (χ0) is 19.7. The molecule has 6 nitrogen and oxygen atoms in total. The number of pyridine rings is 1. The van der Waals surface area contributed by atoms with Gasteiger partial charge in [-0.25, -0.2) is 9.67 Å². The Morgan fingerprint density at radius 3 is 2.79 bits per heavy atom. The third-order valence-corrected chi connectivity index (χ3v) is 5.15. The van der Waals surface area contributed by atoms with Crippen molar-refractivity contribution >= 4 is 5.91 Å². The first kappa shape index (κ1) is 18.2. The highest BCUT2D eigenvalue weighted by Crippen LogP contribution is 2.32. The Hall–Kier alpha value is -3.15. The van der Waals surface area contributed by atoms with Gasteiger partial charge in [0.15, 0.2) is 0 Å². The maximum atomic E-state index is 12.8. The monoisotopic (exact) mass is 376 g/mol. The van der Waals surface area contributed by atoms with Crippen molar-refractivity contribution in [2.45, 2.75) is 39.2 Å². The van der Waals surface area contributed by atoms with Crippen LogP contribution in [0.15, 0.2) is 42.7 Å². The number of benzene rings is 1. The van der Waals surface area contributed by atoms with E-state index in [2.05, 4.69) is 47.4 Å². The molecule has 3 aromatic rings. The lowest BCUT2D eigenvalue weighted by Crippen LogP contribution is -2.31. The summed E-state index contributed by atoms with van der Waals surface area (Å²) >= 11 is 0. The summed E-state index contributed by atoms with van der Waals surface area (Å²) in [4.78, 5) is 16.9. The molecule has 28 heavy (non-hydrogen) atoms. The number of hydrogen-bond donors (Lipinski definition) is 1. The lowest BCUT2D eigenvalue weighted by atomic mass is 9.92. The molecule has 4 rings (SSSR count). The minimum Gasteiger partial charge on any atom is -0.480 e. The normalized spacial score (nSPS) is 15.8. The number of rotatable bonds is 4. The van der Waals surface area contributed by atoms with Crippen LogP contribution in [0.4, 0.5) is 0 Å². The predicted octanol–water partition coefficient (Wildman–Crippen LogP) is 3.70. The molecule has 2 heterocycles. The molecule has 0 bridgehead atoms. The minimum atomic E-state index is -0.179. The molecule has 1 amide bonds. The van der Waals surface area contributed by atoms with Gasteiger partial charge in [0.1, 0.15) is 5.56 Å². The number of amides is 1. The number of nitrogens with one attached hydrogen (secondary N) is 1. The summed E-state index contributed by atoms with van der Waals surface area (Å²) < 4.78 is 7.23. The van der Waals surface area contributed by atoms with Crippen molar-refractivity contribution in [3.05, 3.63) is 70.7 Å². The van der Waals surface area contributed by atoms with E-state index < -0.39 is 0 Å². The van der Waals surface area contributed by atoms with Crippen LogP contribution in [-0.2, 0) is 6.42 Å². The van der Waals surface area contributed by atoms with E-state index in [0.29, 0.717) is 11.4 Å². The lowest BCUT2D eigenvalue weighted by molar-refractivity contribution is 0.0929. The van der Waals surface area contributed by atoms with E-state index in [9.17, 15) is 4.79 Å². The summed E-state index contributed by atoms with van der Waals surface area (Å²) in [6.07, 6.45) is 6.34. The largest absolute Gasteiger partial charge is 0.480 e. The van der Waals surface area contributed by atoms with E-state index in [1.54, 1.807) is 18.3 Å². The second-order valence-electron chi connectivity index (χ2n) is 7.28. The Labute approximate surface area is 164 Å². The van der Waals surface area contributed by atoms with E-state index >= 15 is 0 Å². The molecule has 1 N–H and O–H groups in total. The first-order valence-corrected chi connectivity index (χ1v) is 9.52. The van der Waals surface area contributed by atoms with Crippen molar-refractivity contribution < 1.29 is 9.53 Å². The Bertz CT molecular complexity index is 1000. The number of carbonyl (C=O) groups is 1. The number of methoxy groups -OCH3 is 1. The van der Waals surface area contributed by atoms with Crippen LogP contribution < -0.4 is 10.1 Å². The molecular weight excluding hydrogens is 352 g/mol. The van der Waals surface area contributed by atoms with Crippen molar-refractivity contribution in [3.63, 3.8) is 0 Å². The van der Waals surface area contributed by atoms with Crippen molar-refractivity contribution in [1.82, 2.24) is 20.1 Å². The lowest BCUT2D eigenvalue weighted by Gasteiger charge is -2.24. The molecule has 0 saturated heterocycles. The van der Waals surface area contributed by atoms with Crippen LogP contribution in [0.3, 0.4) is 0 Å². The van der Waals surface area contributed by atoms with Gasteiger partial charge in [-0.05, 0) is 68.5 Å². The fraction of sp³-hybridized carbons (Fsp3) is 0.318. The fourth-order valence-corrected chi connectivity index (χ4v) is 3.96. The third kappa shape index (κ3) is 3.38. The van der Waals surface area contributed by atoms with Gasteiger partial charge in [-0.15, -0.1) is 0 Å².